The van der Waals surface area contributed by atoms with E-state index in [2.05, 4.69) is 21.7 Å². The lowest BCUT2D eigenvalue weighted by Crippen LogP contribution is -2.47. The van der Waals surface area contributed by atoms with E-state index in [0.717, 1.165) is 33.2 Å². The van der Waals surface area contributed by atoms with E-state index in [-0.39, 0.29) is 5.91 Å². The first-order valence-electron chi connectivity index (χ1n) is 11.6. The molecule has 1 atom stereocenters. The Kier molecular flexibility index (Phi) is 7.55. The summed E-state index contributed by atoms with van der Waals surface area (Å²) in [6.07, 6.45) is 3.26. The number of ether oxygens (including phenoxy) is 2. The van der Waals surface area contributed by atoms with E-state index in [1.165, 1.54) is 11.3 Å². The first kappa shape index (κ1) is 25.2. The quantitative estimate of drug-likeness (QED) is 0.321. The molecular formula is C28H29N3O4S. The van der Waals surface area contributed by atoms with Gasteiger partial charge in [0.1, 0.15) is 17.4 Å². The number of aromatic nitrogens is 1. The van der Waals surface area contributed by atoms with Gasteiger partial charge in [-0.15, -0.1) is 11.3 Å². The fourth-order valence-corrected chi connectivity index (χ4v) is 4.49. The summed E-state index contributed by atoms with van der Waals surface area (Å²) >= 11 is 1.43. The van der Waals surface area contributed by atoms with Crippen LogP contribution >= 0.6 is 11.3 Å². The van der Waals surface area contributed by atoms with Crippen molar-refractivity contribution in [2.75, 3.05) is 12.4 Å². The van der Waals surface area contributed by atoms with Gasteiger partial charge in [-0.1, -0.05) is 24.3 Å². The van der Waals surface area contributed by atoms with Gasteiger partial charge in [-0.25, -0.2) is 4.79 Å². The number of pyridine rings is 1. The molecular weight excluding hydrogens is 474 g/mol. The second-order valence-corrected chi connectivity index (χ2v) is 10.3. The zero-order valence-electron chi connectivity index (χ0n) is 20.7. The molecule has 0 saturated carbocycles. The highest BCUT2D eigenvalue weighted by atomic mass is 32.1. The van der Waals surface area contributed by atoms with Crippen molar-refractivity contribution < 1.29 is 19.1 Å². The van der Waals surface area contributed by atoms with Crippen molar-refractivity contribution in [1.82, 2.24) is 10.3 Å². The Hall–Kier alpha value is -3.91. The number of thiophene rings is 1. The molecule has 0 aliphatic carbocycles. The third-order valence-electron chi connectivity index (χ3n) is 5.43. The highest BCUT2D eigenvalue weighted by Crippen LogP contribution is 2.31. The molecule has 0 unspecified atom stereocenters. The fourth-order valence-electron chi connectivity index (χ4n) is 3.68. The summed E-state index contributed by atoms with van der Waals surface area (Å²) < 4.78 is 10.6. The average molecular weight is 504 g/mol. The van der Waals surface area contributed by atoms with E-state index < -0.39 is 17.7 Å². The van der Waals surface area contributed by atoms with Crippen LogP contribution in [0.4, 0.5) is 9.80 Å². The van der Waals surface area contributed by atoms with Crippen molar-refractivity contribution in [3.05, 3.63) is 77.9 Å². The molecule has 2 N–H and O–H groups in total. The number of nitrogens with zero attached hydrogens (tertiary/aromatic N) is 1. The van der Waals surface area contributed by atoms with Crippen molar-refractivity contribution in [3.8, 4) is 16.9 Å². The van der Waals surface area contributed by atoms with Crippen molar-refractivity contribution in [3.63, 3.8) is 0 Å². The van der Waals surface area contributed by atoms with E-state index in [9.17, 15) is 9.59 Å². The van der Waals surface area contributed by atoms with Crippen LogP contribution in [0.1, 0.15) is 26.3 Å². The van der Waals surface area contributed by atoms with Gasteiger partial charge in [-0.3, -0.25) is 9.78 Å². The van der Waals surface area contributed by atoms with Gasteiger partial charge in [-0.2, -0.15) is 0 Å². The van der Waals surface area contributed by atoms with E-state index >= 15 is 0 Å². The highest BCUT2D eigenvalue weighted by Gasteiger charge is 2.25. The van der Waals surface area contributed by atoms with Gasteiger partial charge in [-0.05, 0) is 73.2 Å². The summed E-state index contributed by atoms with van der Waals surface area (Å²) in [5, 5.41) is 10.5. The number of nitrogens with one attached hydrogen (secondary N) is 2. The summed E-state index contributed by atoms with van der Waals surface area (Å²) in [6.45, 7) is 5.34. The molecule has 0 bridgehead atoms. The van der Waals surface area contributed by atoms with E-state index in [1.54, 1.807) is 34.1 Å². The highest BCUT2D eigenvalue weighted by molar-refractivity contribution is 7.14. The first-order valence-corrected chi connectivity index (χ1v) is 12.4. The molecule has 0 spiro atoms. The van der Waals surface area contributed by atoms with E-state index in [4.69, 9.17) is 9.47 Å². The zero-order valence-corrected chi connectivity index (χ0v) is 21.5. The number of fused-ring (bicyclic) bond motifs is 1. The maximum Gasteiger partial charge on any atom is 0.408 e. The van der Waals surface area contributed by atoms with Crippen LogP contribution in [-0.2, 0) is 16.0 Å². The Bertz CT molecular complexity index is 1360. The molecule has 8 heteroatoms. The first-order chi connectivity index (χ1) is 17.2. The Morgan fingerprint density at radius 1 is 1.00 bits per heavy atom. The SMILES string of the molecule is COc1ccc(C[C@H](NC(=O)OC(C)(C)C)C(=O)Nc2cc(-c3ccc4cnccc4c3)cs2)cc1. The Balaban J connectivity index is 1.50. The minimum Gasteiger partial charge on any atom is -0.497 e. The van der Waals surface area contributed by atoms with Gasteiger partial charge in [0, 0.05) is 29.6 Å². The number of anilines is 1. The molecule has 7 nitrogen and oxygen atoms in total. The third kappa shape index (κ3) is 6.60. The Morgan fingerprint density at radius 3 is 2.50 bits per heavy atom. The summed E-state index contributed by atoms with van der Waals surface area (Å²) in [5.74, 6) is 0.394. The van der Waals surface area contributed by atoms with Crippen LogP contribution < -0.4 is 15.4 Å². The summed E-state index contributed by atoms with van der Waals surface area (Å²) in [5.41, 5.74) is 2.25. The Morgan fingerprint density at radius 2 is 1.78 bits per heavy atom. The molecule has 0 aliphatic rings. The van der Waals surface area contributed by atoms with Crippen LogP contribution in [0.5, 0.6) is 5.75 Å². The number of hydrogen-bond acceptors (Lipinski definition) is 6. The van der Waals surface area contributed by atoms with Gasteiger partial charge in [0.25, 0.3) is 0 Å². The van der Waals surface area contributed by atoms with Crippen molar-refractivity contribution in [2.45, 2.75) is 38.8 Å². The molecule has 0 aliphatic heterocycles. The zero-order chi connectivity index (χ0) is 25.7. The maximum atomic E-state index is 13.3. The number of hydrogen-bond donors (Lipinski definition) is 2. The molecule has 2 amide bonds. The number of methoxy groups -OCH3 is 1. The lowest BCUT2D eigenvalue weighted by atomic mass is 10.0. The second-order valence-electron chi connectivity index (χ2n) is 9.38. The smallest absolute Gasteiger partial charge is 0.408 e. The van der Waals surface area contributed by atoms with Gasteiger partial charge >= 0.3 is 6.09 Å². The number of rotatable bonds is 7. The van der Waals surface area contributed by atoms with Gasteiger partial charge in [0.05, 0.1) is 12.1 Å². The van der Waals surface area contributed by atoms with Crippen LogP contribution in [0.3, 0.4) is 0 Å². The monoisotopic (exact) mass is 503 g/mol. The van der Waals surface area contributed by atoms with E-state index in [1.807, 2.05) is 60.1 Å². The van der Waals surface area contributed by atoms with Gasteiger partial charge < -0.3 is 20.1 Å². The summed E-state index contributed by atoms with van der Waals surface area (Å²) in [6, 6.07) is 16.6. The topological polar surface area (TPSA) is 89.5 Å². The van der Waals surface area contributed by atoms with Crippen LogP contribution in [0.25, 0.3) is 21.9 Å². The molecule has 0 saturated heterocycles. The fraction of sp³-hybridized carbons (Fsp3) is 0.250. The predicted molar refractivity (Wildman–Crippen MR) is 144 cm³/mol. The number of carbonyl (C=O) groups is 2. The molecule has 2 heterocycles. The van der Waals surface area contributed by atoms with Crippen LogP contribution in [-0.4, -0.2) is 35.7 Å². The Labute approximate surface area is 214 Å². The maximum absolute atomic E-state index is 13.3. The van der Waals surface area contributed by atoms with Crippen molar-refractivity contribution in [1.29, 1.82) is 0 Å². The van der Waals surface area contributed by atoms with Gasteiger partial charge in [0.15, 0.2) is 0 Å². The molecule has 4 rings (SSSR count). The summed E-state index contributed by atoms with van der Waals surface area (Å²) in [7, 11) is 1.60. The van der Waals surface area contributed by atoms with Gasteiger partial charge in [0.2, 0.25) is 5.91 Å². The number of carbonyl (C=O) groups excluding carboxylic acids is 2. The minimum atomic E-state index is -0.827. The number of alkyl carbamates (subject to hydrolysis) is 1. The van der Waals surface area contributed by atoms with Crippen molar-refractivity contribution >= 4 is 39.1 Å². The van der Waals surface area contributed by atoms with Crippen molar-refractivity contribution in [2.24, 2.45) is 0 Å². The second kappa shape index (κ2) is 10.8. The summed E-state index contributed by atoms with van der Waals surface area (Å²) in [4.78, 5) is 29.9. The molecule has 36 heavy (non-hydrogen) atoms. The normalized spacial score (nSPS) is 12.1. The molecule has 186 valence electrons. The number of amides is 2. The standard InChI is InChI=1S/C28H29N3O4S/c1-28(2,3)35-27(33)30-24(13-18-5-9-23(34-4)10-6-18)26(32)31-25-15-22(17-36-25)19-7-8-21-16-29-12-11-20(21)14-19/h5-12,14-17,24H,13H2,1-4H3,(H,30,33)(H,31,32)/t24-/m0/s1. The molecule has 2 aromatic carbocycles. The van der Waals surface area contributed by atoms with Crippen LogP contribution in [0.2, 0.25) is 0 Å². The third-order valence-corrected chi connectivity index (χ3v) is 6.27. The lowest BCUT2D eigenvalue weighted by molar-refractivity contribution is -0.118. The minimum absolute atomic E-state index is 0.298. The molecule has 0 fully saturated rings. The van der Waals surface area contributed by atoms with E-state index in [0.29, 0.717) is 11.4 Å². The molecule has 0 radical (unpaired) electrons. The average Bonchev–Trinajstić information content (AvgIpc) is 3.31. The predicted octanol–water partition coefficient (Wildman–Crippen LogP) is 6.05. The number of benzene rings is 2. The lowest BCUT2D eigenvalue weighted by Gasteiger charge is -2.23. The van der Waals surface area contributed by atoms with Crippen LogP contribution in [0, 0.1) is 0 Å². The molecule has 4 aromatic rings. The van der Waals surface area contributed by atoms with Crippen LogP contribution in [0.15, 0.2) is 72.4 Å². The molecule has 2 aromatic heterocycles. The largest absolute Gasteiger partial charge is 0.497 e.